The average molecular weight is 266 g/mol. The van der Waals surface area contributed by atoms with Crippen molar-refractivity contribution >= 4 is 10.0 Å². The zero-order valence-electron chi connectivity index (χ0n) is 11.1. The first-order valence-electron chi connectivity index (χ1n) is 6.15. The molecule has 0 aliphatic rings. The SMILES string of the molecule is CCC(CC)(CO)CNCCCNS(C)(=O)=O. The van der Waals surface area contributed by atoms with E-state index in [1.54, 1.807) is 0 Å². The van der Waals surface area contributed by atoms with E-state index in [4.69, 9.17) is 0 Å². The smallest absolute Gasteiger partial charge is 0.208 e. The second-order valence-corrected chi connectivity index (χ2v) is 6.40. The summed E-state index contributed by atoms with van der Waals surface area (Å²) in [6.45, 7) is 6.32. The summed E-state index contributed by atoms with van der Waals surface area (Å²) < 4.78 is 24.0. The van der Waals surface area contributed by atoms with Crippen LogP contribution in [-0.2, 0) is 10.0 Å². The largest absolute Gasteiger partial charge is 0.396 e. The first-order chi connectivity index (χ1) is 7.89. The highest BCUT2D eigenvalue weighted by Gasteiger charge is 2.24. The van der Waals surface area contributed by atoms with Crippen LogP contribution in [0.2, 0.25) is 0 Å². The third-order valence-electron chi connectivity index (χ3n) is 3.23. The topological polar surface area (TPSA) is 78.4 Å². The van der Waals surface area contributed by atoms with E-state index in [9.17, 15) is 13.5 Å². The molecule has 0 bridgehead atoms. The monoisotopic (exact) mass is 266 g/mol. The minimum Gasteiger partial charge on any atom is -0.396 e. The molecular weight excluding hydrogens is 240 g/mol. The van der Waals surface area contributed by atoms with Crippen LogP contribution in [-0.4, -0.2) is 46.0 Å². The van der Waals surface area contributed by atoms with Crippen molar-refractivity contribution in [2.75, 3.05) is 32.5 Å². The summed E-state index contributed by atoms with van der Waals surface area (Å²) in [6.07, 6.45) is 3.79. The van der Waals surface area contributed by atoms with Crippen LogP contribution in [0, 0.1) is 5.41 Å². The predicted molar refractivity (Wildman–Crippen MR) is 70.4 cm³/mol. The Morgan fingerprint density at radius 3 is 2.18 bits per heavy atom. The Morgan fingerprint density at radius 2 is 1.76 bits per heavy atom. The molecule has 0 heterocycles. The molecule has 0 saturated carbocycles. The van der Waals surface area contributed by atoms with Crippen molar-refractivity contribution in [3.8, 4) is 0 Å². The van der Waals surface area contributed by atoms with E-state index in [0.717, 1.165) is 38.6 Å². The van der Waals surface area contributed by atoms with Gasteiger partial charge in [-0.05, 0) is 25.8 Å². The summed E-state index contributed by atoms with van der Waals surface area (Å²) in [7, 11) is -3.07. The van der Waals surface area contributed by atoms with Crippen molar-refractivity contribution in [1.82, 2.24) is 10.0 Å². The van der Waals surface area contributed by atoms with E-state index in [2.05, 4.69) is 23.9 Å². The van der Waals surface area contributed by atoms with Gasteiger partial charge in [0.1, 0.15) is 0 Å². The summed E-state index contributed by atoms with van der Waals surface area (Å²) in [4.78, 5) is 0. The Hall–Kier alpha value is -0.170. The van der Waals surface area contributed by atoms with E-state index in [0.29, 0.717) is 6.54 Å². The summed E-state index contributed by atoms with van der Waals surface area (Å²) in [5, 5.41) is 12.6. The molecule has 0 amide bonds. The van der Waals surface area contributed by atoms with Gasteiger partial charge in [-0.25, -0.2) is 13.1 Å². The minimum atomic E-state index is -3.07. The third-order valence-corrected chi connectivity index (χ3v) is 3.96. The number of hydrogen-bond donors (Lipinski definition) is 3. The van der Waals surface area contributed by atoms with Crippen LogP contribution in [0.25, 0.3) is 0 Å². The van der Waals surface area contributed by atoms with Crippen molar-refractivity contribution in [3.63, 3.8) is 0 Å². The lowest BCUT2D eigenvalue weighted by atomic mass is 9.83. The van der Waals surface area contributed by atoms with Gasteiger partial charge in [-0.3, -0.25) is 0 Å². The highest BCUT2D eigenvalue weighted by molar-refractivity contribution is 7.88. The van der Waals surface area contributed by atoms with Crippen molar-refractivity contribution in [3.05, 3.63) is 0 Å². The van der Waals surface area contributed by atoms with Crippen LogP contribution in [0.3, 0.4) is 0 Å². The lowest BCUT2D eigenvalue weighted by molar-refractivity contribution is 0.113. The Balaban J connectivity index is 3.70. The van der Waals surface area contributed by atoms with Crippen LogP contribution >= 0.6 is 0 Å². The molecule has 0 saturated heterocycles. The van der Waals surface area contributed by atoms with Gasteiger partial charge >= 0.3 is 0 Å². The molecule has 3 N–H and O–H groups in total. The molecular formula is C11H26N2O3S. The first kappa shape index (κ1) is 16.8. The average Bonchev–Trinajstić information content (AvgIpc) is 2.28. The lowest BCUT2D eigenvalue weighted by Crippen LogP contribution is -2.37. The maximum absolute atomic E-state index is 10.8. The third kappa shape index (κ3) is 7.70. The Bertz CT molecular complexity index is 279. The number of aliphatic hydroxyl groups is 1. The van der Waals surface area contributed by atoms with Crippen LogP contribution in [0.4, 0.5) is 0 Å². The van der Waals surface area contributed by atoms with Gasteiger partial charge in [0, 0.05) is 25.1 Å². The molecule has 0 atom stereocenters. The highest BCUT2D eigenvalue weighted by Crippen LogP contribution is 2.24. The summed E-state index contributed by atoms with van der Waals surface area (Å²) in [5.41, 5.74) is -0.0374. The molecule has 0 unspecified atom stereocenters. The Kier molecular flexibility index (Phi) is 7.94. The maximum atomic E-state index is 10.8. The van der Waals surface area contributed by atoms with Crippen LogP contribution < -0.4 is 10.0 Å². The van der Waals surface area contributed by atoms with E-state index in [-0.39, 0.29) is 12.0 Å². The number of rotatable bonds is 10. The van der Waals surface area contributed by atoms with Gasteiger partial charge in [0.05, 0.1) is 6.26 Å². The van der Waals surface area contributed by atoms with Crippen molar-refractivity contribution in [2.45, 2.75) is 33.1 Å². The highest BCUT2D eigenvalue weighted by atomic mass is 32.2. The first-order valence-corrected chi connectivity index (χ1v) is 8.04. The van der Waals surface area contributed by atoms with E-state index in [1.807, 2.05) is 0 Å². The number of nitrogens with one attached hydrogen (secondary N) is 2. The molecule has 0 aromatic carbocycles. The van der Waals surface area contributed by atoms with Gasteiger partial charge in [0.25, 0.3) is 0 Å². The van der Waals surface area contributed by atoms with Gasteiger partial charge in [-0.2, -0.15) is 0 Å². The quantitative estimate of drug-likeness (QED) is 0.497. The van der Waals surface area contributed by atoms with Crippen molar-refractivity contribution in [1.29, 1.82) is 0 Å². The minimum absolute atomic E-state index is 0.0374. The second kappa shape index (κ2) is 8.02. The van der Waals surface area contributed by atoms with Gasteiger partial charge < -0.3 is 10.4 Å². The Labute approximate surface area is 105 Å². The van der Waals surface area contributed by atoms with E-state index in [1.165, 1.54) is 0 Å². The molecule has 104 valence electrons. The molecule has 0 radical (unpaired) electrons. The normalized spacial score (nSPS) is 12.9. The lowest BCUT2D eigenvalue weighted by Gasteiger charge is -2.29. The second-order valence-electron chi connectivity index (χ2n) is 4.56. The molecule has 0 aromatic heterocycles. The number of hydrogen-bond acceptors (Lipinski definition) is 4. The standard InChI is InChI=1S/C11H26N2O3S/c1-4-11(5-2,10-14)9-12-7-6-8-13-17(3,15)16/h12-14H,4-10H2,1-3H3. The van der Waals surface area contributed by atoms with E-state index < -0.39 is 10.0 Å². The molecule has 0 aliphatic heterocycles. The van der Waals surface area contributed by atoms with Gasteiger partial charge in [0.2, 0.25) is 10.0 Å². The van der Waals surface area contributed by atoms with Crippen molar-refractivity contribution in [2.24, 2.45) is 5.41 Å². The molecule has 6 heteroatoms. The predicted octanol–water partition coefficient (Wildman–Crippen LogP) is 0.314. The summed E-state index contributed by atoms with van der Waals surface area (Å²) >= 11 is 0. The van der Waals surface area contributed by atoms with Crippen molar-refractivity contribution < 1.29 is 13.5 Å². The molecule has 0 rings (SSSR count). The van der Waals surface area contributed by atoms with Crippen LogP contribution in [0.15, 0.2) is 0 Å². The van der Waals surface area contributed by atoms with Gasteiger partial charge in [-0.1, -0.05) is 13.8 Å². The van der Waals surface area contributed by atoms with Crippen LogP contribution in [0.5, 0.6) is 0 Å². The fourth-order valence-electron chi connectivity index (χ4n) is 1.60. The molecule has 17 heavy (non-hydrogen) atoms. The van der Waals surface area contributed by atoms with Gasteiger partial charge in [0.15, 0.2) is 0 Å². The molecule has 0 spiro atoms. The fraction of sp³-hybridized carbons (Fsp3) is 1.00. The Morgan fingerprint density at radius 1 is 1.18 bits per heavy atom. The van der Waals surface area contributed by atoms with E-state index >= 15 is 0 Å². The van der Waals surface area contributed by atoms with Gasteiger partial charge in [-0.15, -0.1) is 0 Å². The number of aliphatic hydroxyl groups excluding tert-OH is 1. The zero-order valence-corrected chi connectivity index (χ0v) is 11.9. The number of sulfonamides is 1. The maximum Gasteiger partial charge on any atom is 0.208 e. The van der Waals surface area contributed by atoms with Crippen LogP contribution in [0.1, 0.15) is 33.1 Å². The summed E-state index contributed by atoms with van der Waals surface area (Å²) in [6, 6.07) is 0. The molecule has 0 fully saturated rings. The summed E-state index contributed by atoms with van der Waals surface area (Å²) in [5.74, 6) is 0. The molecule has 0 aliphatic carbocycles. The molecule has 0 aromatic rings. The fourth-order valence-corrected chi connectivity index (χ4v) is 2.12. The zero-order chi connectivity index (χ0) is 13.4. The molecule has 5 nitrogen and oxygen atoms in total.